The number of carbonyl (C=O) groups is 2. The molecule has 2 aromatic carbocycles. The number of benzene rings is 2. The third kappa shape index (κ3) is 4.87. The molecule has 2 aliphatic rings. The first kappa shape index (κ1) is 20.9. The van der Waals surface area contributed by atoms with Gasteiger partial charge in [0.25, 0.3) is 5.91 Å². The molecule has 2 aromatic rings. The molecular weight excluding hydrogens is 396 g/mol. The number of anilines is 1. The van der Waals surface area contributed by atoms with E-state index in [1.54, 1.807) is 18.7 Å². The molecule has 158 valence electrons. The van der Waals surface area contributed by atoms with E-state index in [4.69, 9.17) is 4.74 Å². The number of ether oxygens (including phenoxy) is 1. The normalized spacial score (nSPS) is 19.2. The third-order valence-electron chi connectivity index (χ3n) is 5.77. The van der Waals surface area contributed by atoms with Gasteiger partial charge in [0.2, 0.25) is 0 Å². The third-order valence-corrected chi connectivity index (χ3v) is 6.98. The van der Waals surface area contributed by atoms with Crippen molar-refractivity contribution in [3.63, 3.8) is 0 Å². The van der Waals surface area contributed by atoms with Crippen LogP contribution in [0.1, 0.15) is 40.5 Å². The van der Waals surface area contributed by atoms with Crippen LogP contribution < -0.4 is 4.90 Å². The van der Waals surface area contributed by atoms with Gasteiger partial charge in [-0.1, -0.05) is 12.1 Å². The Bertz CT molecular complexity index is 886. The summed E-state index contributed by atoms with van der Waals surface area (Å²) in [6.07, 6.45) is 2.54. The highest BCUT2D eigenvalue weighted by molar-refractivity contribution is 7.99. The zero-order valence-corrected chi connectivity index (χ0v) is 18.2. The molecular formula is C24H28N2O3S. The van der Waals surface area contributed by atoms with Crippen LogP contribution in [0.5, 0.6) is 0 Å². The Hall–Kier alpha value is -2.31. The summed E-state index contributed by atoms with van der Waals surface area (Å²) in [7, 11) is 0. The smallest absolute Gasteiger partial charge is 0.255 e. The highest BCUT2D eigenvalue weighted by atomic mass is 32.2. The Balaban J connectivity index is 1.36. The lowest BCUT2D eigenvalue weighted by Crippen LogP contribution is -2.48. The van der Waals surface area contributed by atoms with Crippen LogP contribution >= 0.6 is 11.8 Å². The van der Waals surface area contributed by atoms with Gasteiger partial charge in [0, 0.05) is 54.7 Å². The highest BCUT2D eigenvalue weighted by Gasteiger charge is 2.25. The fraction of sp³-hybridized carbons (Fsp3) is 0.417. The van der Waals surface area contributed by atoms with Crippen molar-refractivity contribution in [1.82, 2.24) is 4.90 Å². The lowest BCUT2D eigenvalue weighted by atomic mass is 10.1. The maximum atomic E-state index is 13.2. The lowest BCUT2D eigenvalue weighted by molar-refractivity contribution is 0.0743. The van der Waals surface area contributed by atoms with Crippen molar-refractivity contribution in [1.29, 1.82) is 0 Å². The summed E-state index contributed by atoms with van der Waals surface area (Å²) in [6.45, 7) is 5.40. The van der Waals surface area contributed by atoms with Gasteiger partial charge in [0.15, 0.2) is 5.78 Å². The summed E-state index contributed by atoms with van der Waals surface area (Å²) in [5, 5.41) is 0. The van der Waals surface area contributed by atoms with Crippen molar-refractivity contribution in [2.45, 2.75) is 30.8 Å². The summed E-state index contributed by atoms with van der Waals surface area (Å²) in [5.74, 6) is 1.08. The fourth-order valence-electron chi connectivity index (χ4n) is 3.97. The number of ketones is 1. The average molecular weight is 425 g/mol. The Kier molecular flexibility index (Phi) is 6.75. The summed E-state index contributed by atoms with van der Waals surface area (Å²) >= 11 is 1.73. The Morgan fingerprint density at radius 1 is 1.03 bits per heavy atom. The van der Waals surface area contributed by atoms with Crippen molar-refractivity contribution in [3.8, 4) is 0 Å². The number of nitrogens with zero attached hydrogens (tertiary/aromatic N) is 2. The van der Waals surface area contributed by atoms with Crippen molar-refractivity contribution in [2.24, 2.45) is 0 Å². The summed E-state index contributed by atoms with van der Waals surface area (Å²) in [4.78, 5) is 29.9. The standard InChI is InChI=1S/C24H28N2O3S/c1-18(27)19-8-10-20(11-9-19)25-12-14-26(15-13-25)24(28)22-6-2-3-7-23(22)30-17-21-5-4-16-29-21/h2-3,6-11,21H,4-5,12-17H2,1H3. The number of Topliss-reactive ketones (excluding diaryl/α,β-unsaturated/α-hetero) is 1. The van der Waals surface area contributed by atoms with Gasteiger partial charge in [-0.25, -0.2) is 0 Å². The average Bonchev–Trinajstić information content (AvgIpc) is 3.31. The number of piperazine rings is 1. The van der Waals surface area contributed by atoms with Gasteiger partial charge in [-0.05, 0) is 56.2 Å². The molecule has 6 heteroatoms. The largest absolute Gasteiger partial charge is 0.377 e. The molecule has 4 rings (SSSR count). The van der Waals surface area contributed by atoms with Crippen LogP contribution in [-0.2, 0) is 4.74 Å². The summed E-state index contributed by atoms with van der Waals surface area (Å²) in [6, 6.07) is 15.6. The quantitative estimate of drug-likeness (QED) is 0.516. The van der Waals surface area contributed by atoms with E-state index in [-0.39, 0.29) is 11.7 Å². The minimum Gasteiger partial charge on any atom is -0.377 e. The van der Waals surface area contributed by atoms with Gasteiger partial charge in [-0.2, -0.15) is 0 Å². The summed E-state index contributed by atoms with van der Waals surface area (Å²) in [5.41, 5.74) is 2.61. The molecule has 0 N–H and O–H groups in total. The maximum Gasteiger partial charge on any atom is 0.255 e. The molecule has 0 saturated carbocycles. The fourth-order valence-corrected chi connectivity index (χ4v) is 5.09. The van der Waals surface area contributed by atoms with Crippen molar-refractivity contribution < 1.29 is 14.3 Å². The van der Waals surface area contributed by atoms with Gasteiger partial charge in [-0.3, -0.25) is 9.59 Å². The first-order chi connectivity index (χ1) is 14.6. The van der Waals surface area contributed by atoms with Gasteiger partial charge < -0.3 is 14.5 Å². The van der Waals surface area contributed by atoms with E-state index in [0.29, 0.717) is 19.2 Å². The predicted molar refractivity (Wildman–Crippen MR) is 121 cm³/mol. The monoisotopic (exact) mass is 424 g/mol. The van der Waals surface area contributed by atoms with Crippen LogP contribution in [0, 0.1) is 0 Å². The molecule has 0 aromatic heterocycles. The van der Waals surface area contributed by atoms with Gasteiger partial charge >= 0.3 is 0 Å². The molecule has 2 fully saturated rings. The lowest BCUT2D eigenvalue weighted by Gasteiger charge is -2.36. The van der Waals surface area contributed by atoms with Gasteiger partial charge in [0.05, 0.1) is 11.7 Å². The van der Waals surface area contributed by atoms with Crippen molar-refractivity contribution in [3.05, 3.63) is 59.7 Å². The maximum absolute atomic E-state index is 13.2. The highest BCUT2D eigenvalue weighted by Crippen LogP contribution is 2.28. The molecule has 2 saturated heterocycles. The zero-order chi connectivity index (χ0) is 20.9. The second kappa shape index (κ2) is 9.67. The Morgan fingerprint density at radius 3 is 2.43 bits per heavy atom. The molecule has 0 aliphatic carbocycles. The molecule has 1 unspecified atom stereocenters. The molecule has 0 bridgehead atoms. The number of thioether (sulfide) groups is 1. The van der Waals surface area contributed by atoms with Crippen LogP contribution in [0.4, 0.5) is 5.69 Å². The van der Waals surface area contributed by atoms with E-state index >= 15 is 0 Å². The second-order valence-electron chi connectivity index (χ2n) is 7.82. The van der Waals surface area contributed by atoms with Crippen molar-refractivity contribution >= 4 is 29.1 Å². The number of hydrogen-bond acceptors (Lipinski definition) is 5. The van der Waals surface area contributed by atoms with Gasteiger partial charge in [0.1, 0.15) is 0 Å². The van der Waals surface area contributed by atoms with E-state index in [9.17, 15) is 9.59 Å². The zero-order valence-electron chi connectivity index (χ0n) is 17.4. The minimum atomic E-state index is 0.0768. The van der Waals surface area contributed by atoms with Gasteiger partial charge in [-0.15, -0.1) is 11.8 Å². The molecule has 2 aliphatic heterocycles. The van der Waals surface area contributed by atoms with E-state index in [0.717, 1.165) is 60.0 Å². The Labute approximate surface area is 182 Å². The van der Waals surface area contributed by atoms with Crippen molar-refractivity contribution in [2.75, 3.05) is 43.4 Å². The van der Waals surface area contributed by atoms with E-state index in [2.05, 4.69) is 4.90 Å². The van der Waals surface area contributed by atoms with Crippen LogP contribution in [0.25, 0.3) is 0 Å². The molecule has 2 heterocycles. The predicted octanol–water partition coefficient (Wildman–Crippen LogP) is 4.12. The molecule has 30 heavy (non-hydrogen) atoms. The van der Waals surface area contributed by atoms with Crippen LogP contribution in [-0.4, -0.2) is 61.2 Å². The topological polar surface area (TPSA) is 49.9 Å². The minimum absolute atomic E-state index is 0.0768. The number of rotatable bonds is 6. The number of carbonyl (C=O) groups excluding carboxylic acids is 2. The molecule has 0 spiro atoms. The van der Waals surface area contributed by atoms with Crippen LogP contribution in [0.2, 0.25) is 0 Å². The van der Waals surface area contributed by atoms with E-state index in [1.807, 2.05) is 53.4 Å². The molecule has 0 radical (unpaired) electrons. The van der Waals surface area contributed by atoms with E-state index in [1.165, 1.54) is 0 Å². The van der Waals surface area contributed by atoms with Crippen LogP contribution in [0.3, 0.4) is 0 Å². The SMILES string of the molecule is CC(=O)c1ccc(N2CCN(C(=O)c3ccccc3SCC3CCCO3)CC2)cc1. The molecule has 1 amide bonds. The van der Waals surface area contributed by atoms with Crippen LogP contribution in [0.15, 0.2) is 53.4 Å². The number of amides is 1. The first-order valence-corrected chi connectivity index (χ1v) is 11.6. The Morgan fingerprint density at radius 2 is 1.77 bits per heavy atom. The van der Waals surface area contributed by atoms with E-state index < -0.39 is 0 Å². The second-order valence-corrected chi connectivity index (χ2v) is 8.89. The molecule has 1 atom stereocenters. The summed E-state index contributed by atoms with van der Waals surface area (Å²) < 4.78 is 5.73. The number of hydrogen-bond donors (Lipinski definition) is 0. The molecule has 5 nitrogen and oxygen atoms in total. The first-order valence-electron chi connectivity index (χ1n) is 10.6.